The lowest BCUT2D eigenvalue weighted by Crippen LogP contribution is -2.11. The van der Waals surface area contributed by atoms with Crippen molar-refractivity contribution in [1.29, 1.82) is 0 Å². The summed E-state index contributed by atoms with van der Waals surface area (Å²) in [4.78, 5) is 11.5. The highest BCUT2D eigenvalue weighted by Crippen LogP contribution is 2.26. The van der Waals surface area contributed by atoms with Crippen molar-refractivity contribution in [2.75, 3.05) is 6.61 Å². The summed E-state index contributed by atoms with van der Waals surface area (Å²) < 4.78 is 24.4. The quantitative estimate of drug-likeness (QED) is 0.327. The van der Waals surface area contributed by atoms with Crippen molar-refractivity contribution in [3.8, 4) is 16.9 Å². The second-order valence-electron chi connectivity index (χ2n) is 6.00. The first-order chi connectivity index (χ1) is 12.1. The largest absolute Gasteiger partial charge is 0.513 e. The van der Waals surface area contributed by atoms with Gasteiger partial charge in [0.25, 0.3) is 0 Å². The molecule has 0 bridgehead atoms. The Kier molecular flexibility index (Phi) is 7.45. The van der Waals surface area contributed by atoms with Crippen LogP contribution >= 0.6 is 0 Å². The molecule has 0 saturated heterocycles. The third-order valence-corrected chi connectivity index (χ3v) is 3.94. The van der Waals surface area contributed by atoms with E-state index in [9.17, 15) is 9.18 Å². The Labute approximate surface area is 148 Å². The molecule has 0 aliphatic heterocycles. The first-order valence-corrected chi connectivity index (χ1v) is 8.87. The summed E-state index contributed by atoms with van der Waals surface area (Å²) in [6, 6.07) is 12.1. The average molecular weight is 344 g/mol. The molecule has 0 atom stereocenters. The number of halogens is 1. The molecule has 0 heterocycles. The maximum absolute atomic E-state index is 14.3. The van der Waals surface area contributed by atoms with Gasteiger partial charge in [0, 0.05) is 5.56 Å². The predicted molar refractivity (Wildman–Crippen MR) is 97.3 cm³/mol. The third-order valence-electron chi connectivity index (χ3n) is 3.94. The van der Waals surface area contributed by atoms with Gasteiger partial charge >= 0.3 is 6.16 Å². The molecule has 3 nitrogen and oxygen atoms in total. The van der Waals surface area contributed by atoms with E-state index in [2.05, 4.69) is 6.92 Å². The Morgan fingerprint density at radius 3 is 2.36 bits per heavy atom. The van der Waals surface area contributed by atoms with Crippen LogP contribution in [0.1, 0.15) is 45.1 Å². The molecule has 0 amide bonds. The number of carbonyl (C=O) groups is 1. The van der Waals surface area contributed by atoms with Crippen LogP contribution in [0, 0.1) is 5.82 Å². The topological polar surface area (TPSA) is 35.5 Å². The van der Waals surface area contributed by atoms with Crippen molar-refractivity contribution >= 4 is 6.16 Å². The zero-order valence-corrected chi connectivity index (χ0v) is 14.9. The van der Waals surface area contributed by atoms with E-state index in [1.54, 1.807) is 36.4 Å². The number of unbranched alkanes of at least 4 members (excludes halogenated alkanes) is 2. The normalized spacial score (nSPS) is 10.5. The van der Waals surface area contributed by atoms with Gasteiger partial charge in [0.1, 0.15) is 11.6 Å². The average Bonchev–Trinajstić information content (AvgIpc) is 2.61. The van der Waals surface area contributed by atoms with Crippen molar-refractivity contribution in [3.05, 3.63) is 53.8 Å². The number of benzene rings is 2. The van der Waals surface area contributed by atoms with E-state index in [4.69, 9.17) is 9.47 Å². The van der Waals surface area contributed by atoms with Crippen LogP contribution in [0.25, 0.3) is 11.1 Å². The second-order valence-corrected chi connectivity index (χ2v) is 6.00. The van der Waals surface area contributed by atoms with Gasteiger partial charge < -0.3 is 9.47 Å². The van der Waals surface area contributed by atoms with Crippen LogP contribution in [-0.2, 0) is 11.2 Å². The molecule has 0 fully saturated rings. The van der Waals surface area contributed by atoms with Gasteiger partial charge in [-0.05, 0) is 48.6 Å². The van der Waals surface area contributed by atoms with Crippen LogP contribution in [0.4, 0.5) is 9.18 Å². The summed E-state index contributed by atoms with van der Waals surface area (Å²) in [7, 11) is 0. The highest BCUT2D eigenvalue weighted by molar-refractivity contribution is 5.67. The summed E-state index contributed by atoms with van der Waals surface area (Å²) in [6.07, 6.45) is 4.07. The van der Waals surface area contributed by atoms with Crippen molar-refractivity contribution < 1.29 is 18.7 Å². The van der Waals surface area contributed by atoms with E-state index < -0.39 is 6.16 Å². The molecule has 0 aliphatic carbocycles. The summed E-state index contributed by atoms with van der Waals surface area (Å²) in [6.45, 7) is 4.49. The first-order valence-electron chi connectivity index (χ1n) is 8.87. The maximum Gasteiger partial charge on any atom is 0.513 e. The molecule has 2 rings (SSSR count). The number of carbonyl (C=O) groups excluding carboxylic acids is 1. The Balaban J connectivity index is 2.00. The summed E-state index contributed by atoms with van der Waals surface area (Å²) in [5.74, 6) is 0.145. The van der Waals surface area contributed by atoms with Crippen LogP contribution < -0.4 is 4.74 Å². The molecule has 2 aromatic rings. The molecule has 0 N–H and O–H groups in total. The number of aryl methyl sites for hydroxylation is 1. The first kappa shape index (κ1) is 19.0. The van der Waals surface area contributed by atoms with Gasteiger partial charge in [-0.3, -0.25) is 0 Å². The van der Waals surface area contributed by atoms with Gasteiger partial charge in [0.2, 0.25) is 0 Å². The maximum atomic E-state index is 14.3. The fraction of sp³-hybridized carbons (Fsp3) is 0.381. The lowest BCUT2D eigenvalue weighted by molar-refractivity contribution is 0.0978. The molecule has 0 unspecified atom stereocenters. The highest BCUT2D eigenvalue weighted by atomic mass is 19.1. The Bertz CT molecular complexity index is 680. The minimum absolute atomic E-state index is 0.235. The number of rotatable bonds is 8. The van der Waals surface area contributed by atoms with Gasteiger partial charge in [0.05, 0.1) is 6.61 Å². The van der Waals surface area contributed by atoms with Crippen LogP contribution in [-0.4, -0.2) is 12.8 Å². The number of ether oxygens (including phenoxy) is 2. The third kappa shape index (κ3) is 5.89. The Morgan fingerprint density at radius 2 is 1.72 bits per heavy atom. The van der Waals surface area contributed by atoms with Crippen molar-refractivity contribution in [2.24, 2.45) is 0 Å². The minimum atomic E-state index is -0.715. The van der Waals surface area contributed by atoms with Crippen LogP contribution in [0.15, 0.2) is 42.5 Å². The van der Waals surface area contributed by atoms with E-state index in [-0.39, 0.29) is 5.82 Å². The van der Waals surface area contributed by atoms with E-state index >= 15 is 0 Å². The molecular weight excluding hydrogens is 319 g/mol. The van der Waals surface area contributed by atoms with Gasteiger partial charge in [-0.2, -0.15) is 0 Å². The Hall–Kier alpha value is -2.36. The van der Waals surface area contributed by atoms with Crippen LogP contribution in [0.3, 0.4) is 0 Å². The predicted octanol–water partition coefficient (Wildman–Crippen LogP) is 6.15. The van der Waals surface area contributed by atoms with Crippen molar-refractivity contribution in [1.82, 2.24) is 0 Å². The number of hydrogen-bond donors (Lipinski definition) is 0. The fourth-order valence-electron chi connectivity index (χ4n) is 2.46. The molecule has 0 radical (unpaired) electrons. The summed E-state index contributed by atoms with van der Waals surface area (Å²) in [5.41, 5.74) is 2.29. The van der Waals surface area contributed by atoms with Crippen LogP contribution in [0.5, 0.6) is 5.75 Å². The smallest absolute Gasteiger partial charge is 0.434 e. The summed E-state index contributed by atoms with van der Waals surface area (Å²) in [5, 5.41) is 0. The zero-order chi connectivity index (χ0) is 18.1. The van der Waals surface area contributed by atoms with Gasteiger partial charge in [-0.25, -0.2) is 9.18 Å². The standard InChI is InChI=1S/C21H25FO3/c1-3-5-7-16-8-13-19(20(22)15-16)17-9-11-18(12-10-17)25-21(23)24-14-6-4-2/h8-13,15H,3-7,14H2,1-2H3. The summed E-state index contributed by atoms with van der Waals surface area (Å²) >= 11 is 0. The van der Waals surface area contributed by atoms with E-state index in [0.29, 0.717) is 17.9 Å². The fourth-order valence-corrected chi connectivity index (χ4v) is 2.46. The minimum Gasteiger partial charge on any atom is -0.434 e. The molecule has 134 valence electrons. The number of hydrogen-bond acceptors (Lipinski definition) is 3. The lowest BCUT2D eigenvalue weighted by atomic mass is 10.0. The van der Waals surface area contributed by atoms with Gasteiger partial charge in [0.15, 0.2) is 0 Å². The lowest BCUT2D eigenvalue weighted by Gasteiger charge is -2.08. The molecular formula is C21H25FO3. The SMILES string of the molecule is CCCCOC(=O)Oc1ccc(-c2ccc(CCCC)cc2F)cc1. The van der Waals surface area contributed by atoms with E-state index in [1.165, 1.54) is 0 Å². The van der Waals surface area contributed by atoms with Crippen molar-refractivity contribution in [3.63, 3.8) is 0 Å². The van der Waals surface area contributed by atoms with Gasteiger partial charge in [-0.15, -0.1) is 0 Å². The zero-order valence-electron chi connectivity index (χ0n) is 14.9. The van der Waals surface area contributed by atoms with E-state index in [1.807, 2.05) is 13.0 Å². The highest BCUT2D eigenvalue weighted by Gasteiger charge is 2.09. The van der Waals surface area contributed by atoms with E-state index in [0.717, 1.165) is 43.2 Å². The molecule has 0 aliphatic rings. The molecule has 0 aromatic heterocycles. The molecule has 0 spiro atoms. The van der Waals surface area contributed by atoms with Gasteiger partial charge in [-0.1, -0.05) is 51.0 Å². The molecule has 4 heteroatoms. The molecule has 2 aromatic carbocycles. The second kappa shape index (κ2) is 9.82. The molecule has 25 heavy (non-hydrogen) atoms. The van der Waals surface area contributed by atoms with Crippen molar-refractivity contribution in [2.45, 2.75) is 46.0 Å². The Morgan fingerprint density at radius 1 is 1.00 bits per heavy atom. The monoisotopic (exact) mass is 344 g/mol. The van der Waals surface area contributed by atoms with Crippen LogP contribution in [0.2, 0.25) is 0 Å². The molecule has 0 saturated carbocycles.